The average molecular weight is 290 g/mol. The van der Waals surface area contributed by atoms with Crippen molar-refractivity contribution in [3.8, 4) is 0 Å². The number of rotatable bonds is 4. The van der Waals surface area contributed by atoms with Crippen molar-refractivity contribution in [2.45, 2.75) is 24.3 Å². The Morgan fingerprint density at radius 2 is 1.95 bits per heavy atom. The van der Waals surface area contributed by atoms with Crippen LogP contribution < -0.4 is 10.5 Å². The van der Waals surface area contributed by atoms with Gasteiger partial charge in [0, 0.05) is 12.8 Å². The average Bonchev–Trinajstić information content (AvgIpc) is 2.27. The molecule has 0 aliphatic rings. The molecule has 0 fully saturated rings. The highest BCUT2D eigenvalue weighted by atomic mass is 32.2. The summed E-state index contributed by atoms with van der Waals surface area (Å²) in [6, 6.07) is 2.83. The van der Waals surface area contributed by atoms with E-state index in [9.17, 15) is 17.6 Å². The van der Waals surface area contributed by atoms with E-state index in [1.165, 1.54) is 21.0 Å². The molecule has 0 spiro atoms. The number of primary sulfonamides is 1. The van der Waals surface area contributed by atoms with Crippen molar-refractivity contribution >= 4 is 21.6 Å². The minimum atomic E-state index is -4.05. The van der Waals surface area contributed by atoms with E-state index in [0.29, 0.717) is 0 Å². The maximum atomic E-state index is 13.3. The van der Waals surface area contributed by atoms with Crippen molar-refractivity contribution < 1.29 is 22.3 Å². The predicted octanol–water partition coefficient (Wildman–Crippen LogP) is 0.837. The van der Waals surface area contributed by atoms with Gasteiger partial charge in [-0.1, -0.05) is 0 Å². The third kappa shape index (κ3) is 3.98. The highest BCUT2D eigenvalue weighted by molar-refractivity contribution is 7.89. The van der Waals surface area contributed by atoms with Gasteiger partial charge in [-0.2, -0.15) is 0 Å². The fraction of sp³-hybridized carbons (Fsp3) is 0.364. The first-order valence-corrected chi connectivity index (χ1v) is 6.81. The summed E-state index contributed by atoms with van der Waals surface area (Å²) in [5, 5.41) is 7.27. The molecule has 8 heteroatoms. The third-order valence-electron chi connectivity index (χ3n) is 2.51. The quantitative estimate of drug-likeness (QED) is 0.858. The van der Waals surface area contributed by atoms with Gasteiger partial charge in [0.05, 0.1) is 4.90 Å². The Kier molecular flexibility index (Phi) is 4.28. The highest BCUT2D eigenvalue weighted by Gasteiger charge is 2.27. The molecule has 0 aliphatic heterocycles. The Morgan fingerprint density at radius 1 is 1.37 bits per heavy atom. The third-order valence-corrected chi connectivity index (χ3v) is 3.41. The van der Waals surface area contributed by atoms with E-state index in [0.717, 1.165) is 18.2 Å². The number of ether oxygens (including phenoxy) is 1. The van der Waals surface area contributed by atoms with Crippen LogP contribution in [0.25, 0.3) is 0 Å². The Hall–Kier alpha value is -1.51. The summed E-state index contributed by atoms with van der Waals surface area (Å²) in [6.07, 6.45) is 0. The molecule has 0 aliphatic carbocycles. The number of nitrogens with one attached hydrogen (secondary N) is 1. The topological polar surface area (TPSA) is 98.5 Å². The molecule has 0 atom stereocenters. The summed E-state index contributed by atoms with van der Waals surface area (Å²) in [7, 11) is -2.70. The fourth-order valence-electron chi connectivity index (χ4n) is 1.17. The predicted molar refractivity (Wildman–Crippen MR) is 67.5 cm³/mol. The van der Waals surface area contributed by atoms with Crippen molar-refractivity contribution in [1.82, 2.24) is 0 Å². The number of sulfonamides is 1. The van der Waals surface area contributed by atoms with Crippen LogP contribution in [-0.2, 0) is 19.6 Å². The van der Waals surface area contributed by atoms with Crippen LogP contribution in [0.2, 0.25) is 0 Å². The number of amides is 1. The summed E-state index contributed by atoms with van der Waals surface area (Å²) in [6.45, 7) is 3.03. The number of methoxy groups -OCH3 is 1. The van der Waals surface area contributed by atoms with Crippen molar-refractivity contribution in [2.75, 3.05) is 12.4 Å². The lowest BCUT2D eigenvalue weighted by Gasteiger charge is -2.21. The Balaban J connectivity index is 3.10. The van der Waals surface area contributed by atoms with Gasteiger partial charge in [0.25, 0.3) is 5.91 Å². The molecule has 0 aromatic heterocycles. The lowest BCUT2D eigenvalue weighted by atomic mass is 10.1. The van der Waals surface area contributed by atoms with E-state index in [1.54, 1.807) is 0 Å². The summed E-state index contributed by atoms with van der Waals surface area (Å²) in [5.74, 6) is -1.36. The molecule has 3 N–H and O–H groups in total. The number of carbonyl (C=O) groups is 1. The first-order chi connectivity index (χ1) is 8.56. The molecule has 1 aromatic carbocycles. The largest absolute Gasteiger partial charge is 0.369 e. The Labute approximate surface area is 110 Å². The van der Waals surface area contributed by atoms with Crippen LogP contribution in [0.4, 0.5) is 10.1 Å². The van der Waals surface area contributed by atoms with Gasteiger partial charge in [-0.05, 0) is 32.0 Å². The minimum absolute atomic E-state index is 0.0147. The van der Waals surface area contributed by atoms with Gasteiger partial charge in [-0.15, -0.1) is 0 Å². The first kappa shape index (κ1) is 15.5. The van der Waals surface area contributed by atoms with Crippen LogP contribution in [0.1, 0.15) is 13.8 Å². The number of anilines is 1. The van der Waals surface area contributed by atoms with Crippen LogP contribution >= 0.6 is 0 Å². The van der Waals surface area contributed by atoms with Gasteiger partial charge in [-0.3, -0.25) is 4.79 Å². The number of hydrogen-bond donors (Lipinski definition) is 2. The summed E-state index contributed by atoms with van der Waals surface area (Å²) >= 11 is 0. The highest BCUT2D eigenvalue weighted by Crippen LogP contribution is 2.19. The van der Waals surface area contributed by atoms with E-state index in [4.69, 9.17) is 9.88 Å². The van der Waals surface area contributed by atoms with Crippen molar-refractivity contribution in [1.29, 1.82) is 0 Å². The molecule has 0 saturated heterocycles. The molecule has 0 bridgehead atoms. The van der Waals surface area contributed by atoms with Crippen LogP contribution in [0, 0.1) is 5.82 Å². The summed E-state index contributed by atoms with van der Waals surface area (Å²) in [5.41, 5.74) is -1.15. The van der Waals surface area contributed by atoms with Gasteiger partial charge in [0.15, 0.2) is 0 Å². The van der Waals surface area contributed by atoms with Gasteiger partial charge in [-0.25, -0.2) is 17.9 Å². The van der Waals surface area contributed by atoms with E-state index in [-0.39, 0.29) is 5.69 Å². The lowest BCUT2D eigenvalue weighted by molar-refractivity contribution is -0.133. The second-order valence-electron chi connectivity index (χ2n) is 4.39. The minimum Gasteiger partial charge on any atom is -0.369 e. The van der Waals surface area contributed by atoms with Crippen LogP contribution in [0.15, 0.2) is 23.1 Å². The molecule has 1 rings (SSSR count). The smallest absolute Gasteiger partial charge is 0.256 e. The molecule has 1 amide bonds. The maximum absolute atomic E-state index is 13.3. The molecular weight excluding hydrogens is 275 g/mol. The molecular formula is C11H15FN2O4S. The zero-order valence-electron chi connectivity index (χ0n) is 10.7. The maximum Gasteiger partial charge on any atom is 0.256 e. The molecule has 0 saturated carbocycles. The SMILES string of the molecule is COC(C)(C)C(=O)Nc1cc(F)cc(S(N)(=O)=O)c1. The molecule has 1 aromatic rings. The summed E-state index contributed by atoms with van der Waals surface area (Å²) < 4.78 is 40.5. The second kappa shape index (κ2) is 5.24. The molecule has 0 radical (unpaired) electrons. The molecule has 106 valence electrons. The van der Waals surface area contributed by atoms with Gasteiger partial charge < -0.3 is 10.1 Å². The van der Waals surface area contributed by atoms with Crippen molar-refractivity contribution in [3.63, 3.8) is 0 Å². The van der Waals surface area contributed by atoms with Crippen molar-refractivity contribution in [2.24, 2.45) is 5.14 Å². The Bertz CT molecular complexity index is 599. The van der Waals surface area contributed by atoms with Gasteiger partial charge >= 0.3 is 0 Å². The standard InChI is InChI=1S/C11H15FN2O4S/c1-11(2,18-3)10(15)14-8-4-7(12)5-9(6-8)19(13,16)17/h4-6H,1-3H3,(H,14,15)(H2,13,16,17). The van der Waals surface area contributed by atoms with E-state index < -0.39 is 32.2 Å². The molecule has 6 nitrogen and oxygen atoms in total. The fourth-order valence-corrected chi connectivity index (χ4v) is 1.74. The van der Waals surface area contributed by atoms with Crippen molar-refractivity contribution in [3.05, 3.63) is 24.0 Å². The molecule has 19 heavy (non-hydrogen) atoms. The van der Waals surface area contributed by atoms with Gasteiger partial charge in [0.2, 0.25) is 10.0 Å². The number of nitrogens with two attached hydrogens (primary N) is 1. The molecule has 0 unspecified atom stereocenters. The number of halogens is 1. The van der Waals surface area contributed by atoms with Gasteiger partial charge in [0.1, 0.15) is 11.4 Å². The van der Waals surface area contributed by atoms with E-state index in [2.05, 4.69) is 5.32 Å². The summed E-state index contributed by atoms with van der Waals surface area (Å²) in [4.78, 5) is 11.4. The lowest BCUT2D eigenvalue weighted by Crippen LogP contribution is -2.38. The van der Waals surface area contributed by atoms with Crippen LogP contribution in [0.3, 0.4) is 0 Å². The number of hydrogen-bond acceptors (Lipinski definition) is 4. The second-order valence-corrected chi connectivity index (χ2v) is 5.95. The normalized spacial score (nSPS) is 12.3. The zero-order valence-corrected chi connectivity index (χ0v) is 11.5. The Morgan fingerprint density at radius 3 is 2.42 bits per heavy atom. The monoisotopic (exact) mass is 290 g/mol. The first-order valence-electron chi connectivity index (χ1n) is 5.26. The van der Waals surface area contributed by atoms with Crippen LogP contribution in [0.5, 0.6) is 0 Å². The van der Waals surface area contributed by atoms with E-state index >= 15 is 0 Å². The zero-order chi connectivity index (χ0) is 14.8. The number of benzene rings is 1. The van der Waals surface area contributed by atoms with Crippen LogP contribution in [-0.4, -0.2) is 27.0 Å². The van der Waals surface area contributed by atoms with E-state index in [1.807, 2.05) is 0 Å². The number of carbonyl (C=O) groups excluding carboxylic acids is 1. The molecule has 0 heterocycles.